The number of benzene rings is 2. The van der Waals surface area contributed by atoms with E-state index in [-0.39, 0.29) is 12.5 Å². The van der Waals surface area contributed by atoms with Crippen LogP contribution in [0.5, 0.6) is 0 Å². The van der Waals surface area contributed by atoms with Crippen molar-refractivity contribution in [1.29, 1.82) is 0 Å². The summed E-state index contributed by atoms with van der Waals surface area (Å²) in [5, 5.41) is 3.03. The number of carbonyl (C=O) groups excluding carboxylic acids is 2. The van der Waals surface area contributed by atoms with Crippen LogP contribution in [0.15, 0.2) is 70.8 Å². The van der Waals surface area contributed by atoms with E-state index in [1.807, 2.05) is 54.6 Å². The molecule has 0 radical (unpaired) electrons. The standard InChI is InChI=1S/C20H20NO4.3C4H9.Sn/c1-3-20(19(23)24-2,15-25-14-16-10-6-4-7-11-16)21-18(22)17-12-8-5-9-13-17;3*1-3-4-2;/h1,3-13H,14-15H2,2H3,(H,21,22);3*1,3-4H2,2H3;/t20-;;;;/m0..../s1. The van der Waals surface area contributed by atoms with Crippen LogP contribution in [0.2, 0.25) is 13.3 Å². The zero-order valence-corrected chi connectivity index (χ0v) is 26.7. The molecule has 1 amide bonds. The summed E-state index contributed by atoms with van der Waals surface area (Å²) in [5.74, 6) is -0.826. The Morgan fingerprint density at radius 3 is 1.87 bits per heavy atom. The monoisotopic (exact) mass is 629 g/mol. The maximum absolute atomic E-state index is 13.5. The molecule has 2 rings (SSSR count). The Bertz CT molecular complexity index is 958. The minimum absolute atomic E-state index is 0.000916. The summed E-state index contributed by atoms with van der Waals surface area (Å²) < 4.78 is 17.6. The van der Waals surface area contributed by atoms with Crippen molar-refractivity contribution in [2.24, 2.45) is 0 Å². The third kappa shape index (κ3) is 10.2. The minimum atomic E-state index is -2.78. The fourth-order valence-electron chi connectivity index (χ4n) is 4.78. The van der Waals surface area contributed by atoms with Gasteiger partial charge >= 0.3 is 235 Å². The maximum atomic E-state index is 13.5. The summed E-state index contributed by atoms with van der Waals surface area (Å²) in [7, 11) is 1.37. The number of esters is 1. The average molecular weight is 628 g/mol. The second-order valence-corrected chi connectivity index (χ2v) is 23.3. The van der Waals surface area contributed by atoms with E-state index in [0.29, 0.717) is 12.2 Å². The molecule has 2 aromatic rings. The summed E-state index contributed by atoms with van der Waals surface area (Å²) in [6.45, 7) is 7.08. The first-order chi connectivity index (χ1) is 18.4. The molecule has 0 saturated carbocycles. The average Bonchev–Trinajstić information content (AvgIpc) is 2.96. The van der Waals surface area contributed by atoms with Crippen LogP contribution >= 0.6 is 0 Å². The van der Waals surface area contributed by atoms with Crippen LogP contribution in [0.4, 0.5) is 0 Å². The van der Waals surface area contributed by atoms with Gasteiger partial charge in [-0.1, -0.05) is 0 Å². The molecule has 0 aliphatic rings. The van der Waals surface area contributed by atoms with Crippen LogP contribution in [-0.2, 0) is 20.9 Å². The van der Waals surface area contributed by atoms with Crippen LogP contribution in [0.25, 0.3) is 0 Å². The molecule has 6 heteroatoms. The Morgan fingerprint density at radius 2 is 1.37 bits per heavy atom. The first-order valence-electron chi connectivity index (χ1n) is 14.2. The Labute approximate surface area is 234 Å². The third-order valence-electron chi connectivity index (χ3n) is 7.17. The van der Waals surface area contributed by atoms with Gasteiger partial charge in [0.1, 0.15) is 0 Å². The number of rotatable bonds is 18. The molecule has 0 saturated heterocycles. The van der Waals surface area contributed by atoms with Gasteiger partial charge in [0.2, 0.25) is 0 Å². The first kappa shape index (κ1) is 32.1. The van der Waals surface area contributed by atoms with Gasteiger partial charge in [-0.15, -0.1) is 0 Å². The number of hydrogen-bond acceptors (Lipinski definition) is 4. The van der Waals surface area contributed by atoms with Gasteiger partial charge in [-0.25, -0.2) is 0 Å². The molecule has 0 spiro atoms. The van der Waals surface area contributed by atoms with Crippen molar-refractivity contribution in [3.05, 3.63) is 82.0 Å². The molecule has 0 aliphatic heterocycles. The van der Waals surface area contributed by atoms with E-state index in [0.717, 1.165) is 24.8 Å². The summed E-state index contributed by atoms with van der Waals surface area (Å²) in [6, 6.07) is 18.9. The van der Waals surface area contributed by atoms with E-state index in [2.05, 4.69) is 30.2 Å². The fraction of sp³-hybridized carbons (Fsp3) is 0.500. The van der Waals surface area contributed by atoms with Crippen LogP contribution in [-0.4, -0.2) is 49.5 Å². The topological polar surface area (TPSA) is 64.6 Å². The molecule has 2 aromatic carbocycles. The van der Waals surface area contributed by atoms with Crippen molar-refractivity contribution in [3.63, 3.8) is 0 Å². The number of amides is 1. The molecule has 0 unspecified atom stereocenters. The number of hydrogen-bond donors (Lipinski definition) is 1. The van der Waals surface area contributed by atoms with Crippen molar-refractivity contribution in [3.8, 4) is 0 Å². The molecule has 0 bridgehead atoms. The van der Waals surface area contributed by atoms with Crippen LogP contribution in [0.1, 0.15) is 75.2 Å². The van der Waals surface area contributed by atoms with E-state index in [1.165, 1.54) is 39.7 Å². The number of carbonyl (C=O) groups is 2. The second kappa shape index (κ2) is 17.5. The van der Waals surface area contributed by atoms with E-state index in [9.17, 15) is 9.59 Å². The summed E-state index contributed by atoms with van der Waals surface area (Å²) in [5.41, 5.74) is 0.102. The third-order valence-corrected chi connectivity index (χ3v) is 21.2. The van der Waals surface area contributed by atoms with Gasteiger partial charge in [0.15, 0.2) is 0 Å². The van der Waals surface area contributed by atoms with Crippen molar-refractivity contribution in [1.82, 2.24) is 5.32 Å². The van der Waals surface area contributed by atoms with Gasteiger partial charge in [-0.05, 0) is 0 Å². The predicted octanol–water partition coefficient (Wildman–Crippen LogP) is 7.49. The molecule has 1 N–H and O–H groups in total. The number of nitrogens with one attached hydrogen (secondary N) is 1. The summed E-state index contributed by atoms with van der Waals surface area (Å²) >= 11 is -2.78. The van der Waals surface area contributed by atoms with Gasteiger partial charge < -0.3 is 0 Å². The van der Waals surface area contributed by atoms with Crippen LogP contribution in [0.3, 0.4) is 0 Å². The summed E-state index contributed by atoms with van der Waals surface area (Å²) in [4.78, 5) is 26.8. The molecular weight excluding hydrogens is 581 g/mol. The van der Waals surface area contributed by atoms with Crippen molar-refractivity contribution in [2.45, 2.75) is 84.8 Å². The van der Waals surface area contributed by atoms with Crippen molar-refractivity contribution >= 4 is 30.3 Å². The van der Waals surface area contributed by atoms with E-state index < -0.39 is 29.9 Å². The molecular formula is C32H47NO4Sn. The second-order valence-electron chi connectivity index (χ2n) is 10.3. The Morgan fingerprint density at radius 1 is 0.842 bits per heavy atom. The molecule has 38 heavy (non-hydrogen) atoms. The fourth-order valence-corrected chi connectivity index (χ4v) is 19.2. The Kier molecular flexibility index (Phi) is 14.7. The molecule has 0 aromatic heterocycles. The van der Waals surface area contributed by atoms with Gasteiger partial charge in [0.25, 0.3) is 0 Å². The van der Waals surface area contributed by atoms with E-state index in [1.54, 1.807) is 12.1 Å². The van der Waals surface area contributed by atoms with Gasteiger partial charge in [-0.3, -0.25) is 0 Å². The molecule has 0 heterocycles. The number of methoxy groups -OCH3 is 1. The first-order valence-corrected chi connectivity index (χ1v) is 21.9. The van der Waals surface area contributed by atoms with Crippen molar-refractivity contribution in [2.75, 3.05) is 13.7 Å². The Hall–Kier alpha value is -2.12. The van der Waals surface area contributed by atoms with Crippen LogP contribution < -0.4 is 5.32 Å². The van der Waals surface area contributed by atoms with Gasteiger partial charge in [0, 0.05) is 0 Å². The summed E-state index contributed by atoms with van der Waals surface area (Å²) in [6.07, 6.45) is 9.08. The van der Waals surface area contributed by atoms with E-state index >= 15 is 0 Å². The van der Waals surface area contributed by atoms with Gasteiger partial charge in [-0.2, -0.15) is 0 Å². The van der Waals surface area contributed by atoms with E-state index in [4.69, 9.17) is 9.47 Å². The molecule has 0 aliphatic carbocycles. The molecule has 1 atom stereocenters. The zero-order chi connectivity index (χ0) is 27.7. The predicted molar refractivity (Wildman–Crippen MR) is 159 cm³/mol. The van der Waals surface area contributed by atoms with Crippen molar-refractivity contribution < 1.29 is 19.1 Å². The van der Waals surface area contributed by atoms with Crippen LogP contribution in [0, 0.1) is 0 Å². The molecule has 5 nitrogen and oxygen atoms in total. The number of ether oxygens (including phenoxy) is 2. The number of unbranched alkanes of at least 4 members (excludes halogenated alkanes) is 3. The quantitative estimate of drug-likeness (QED) is 0.137. The SMILES string of the molecule is CCC[CH2][Sn](/[CH]=C/[C@@](COCc1ccccc1)(NC(=O)c1ccccc1)C(=O)OC)([CH2]CCC)[CH2]CCC. The molecule has 0 fully saturated rings. The zero-order valence-electron chi connectivity index (χ0n) is 23.8. The molecule has 208 valence electrons. The normalized spacial score (nSPS) is 13.3. The van der Waals surface area contributed by atoms with Gasteiger partial charge in [0.05, 0.1) is 0 Å². The Balaban J connectivity index is 2.48.